The van der Waals surface area contributed by atoms with E-state index in [0.29, 0.717) is 24.4 Å². The summed E-state index contributed by atoms with van der Waals surface area (Å²) < 4.78 is 1.17. The first-order chi connectivity index (χ1) is 8.97. The molecule has 0 amide bonds. The van der Waals surface area contributed by atoms with E-state index in [1.807, 2.05) is 24.3 Å². The zero-order valence-corrected chi connectivity index (χ0v) is 14.1. The van der Waals surface area contributed by atoms with Gasteiger partial charge in [0.15, 0.2) is 5.78 Å². The van der Waals surface area contributed by atoms with E-state index < -0.39 is 0 Å². The van der Waals surface area contributed by atoms with Crippen molar-refractivity contribution in [2.45, 2.75) is 33.2 Å². The molecule has 0 aromatic heterocycles. The first-order valence-corrected chi connectivity index (χ1v) is 8.08. The lowest BCUT2D eigenvalue weighted by Gasteiger charge is -2.40. The molecule has 1 aromatic carbocycles. The highest BCUT2D eigenvalue weighted by molar-refractivity contribution is 14.1. The highest BCUT2D eigenvalue weighted by Gasteiger charge is 2.29. The Bertz CT molecular complexity index is 443. The standard InChI is InChI=1S/C16H22INO/c1-11-8-12(2)13(3)18(9-11)10-16(19)14-4-6-15(17)7-5-14/h4-7,11-13H,8-10H2,1-3H3. The van der Waals surface area contributed by atoms with Gasteiger partial charge in [-0.25, -0.2) is 0 Å². The first kappa shape index (κ1) is 15.0. The molecule has 2 rings (SSSR count). The number of Topliss-reactive ketones (excluding diaryl/α,β-unsaturated/α-hetero) is 1. The zero-order valence-electron chi connectivity index (χ0n) is 11.9. The molecule has 104 valence electrons. The number of ketones is 1. The quantitative estimate of drug-likeness (QED) is 0.595. The van der Waals surface area contributed by atoms with Crippen LogP contribution in [0.2, 0.25) is 0 Å². The number of rotatable bonds is 3. The summed E-state index contributed by atoms with van der Waals surface area (Å²) in [7, 11) is 0. The van der Waals surface area contributed by atoms with E-state index in [-0.39, 0.29) is 5.78 Å². The van der Waals surface area contributed by atoms with Crippen molar-refractivity contribution in [3.05, 3.63) is 33.4 Å². The molecule has 1 aliphatic heterocycles. The summed E-state index contributed by atoms with van der Waals surface area (Å²) in [6.45, 7) is 8.42. The van der Waals surface area contributed by atoms with E-state index in [0.717, 1.165) is 12.1 Å². The van der Waals surface area contributed by atoms with E-state index in [1.165, 1.54) is 9.99 Å². The molecule has 0 radical (unpaired) electrons. The number of hydrogen-bond acceptors (Lipinski definition) is 2. The van der Waals surface area contributed by atoms with Crippen molar-refractivity contribution < 1.29 is 4.79 Å². The van der Waals surface area contributed by atoms with Gasteiger partial charge in [0.05, 0.1) is 6.54 Å². The number of piperidine rings is 1. The molecule has 1 saturated heterocycles. The van der Waals surface area contributed by atoms with Gasteiger partial charge in [-0.05, 0) is 59.9 Å². The number of carbonyl (C=O) groups excluding carboxylic acids is 1. The highest BCUT2D eigenvalue weighted by Crippen LogP contribution is 2.26. The minimum atomic E-state index is 0.240. The Morgan fingerprint density at radius 1 is 1.26 bits per heavy atom. The van der Waals surface area contributed by atoms with Crippen LogP contribution in [0.25, 0.3) is 0 Å². The Labute approximate surface area is 129 Å². The Hall–Kier alpha value is -0.420. The summed E-state index contributed by atoms with van der Waals surface area (Å²) in [4.78, 5) is 14.7. The average Bonchev–Trinajstić information content (AvgIpc) is 2.36. The molecule has 0 aliphatic carbocycles. The van der Waals surface area contributed by atoms with Gasteiger partial charge < -0.3 is 0 Å². The molecule has 1 aliphatic rings. The molecule has 1 fully saturated rings. The molecule has 0 bridgehead atoms. The lowest BCUT2D eigenvalue weighted by Crippen LogP contribution is -2.47. The van der Waals surface area contributed by atoms with Crippen molar-refractivity contribution in [3.63, 3.8) is 0 Å². The molecule has 0 saturated carbocycles. The van der Waals surface area contributed by atoms with Crippen LogP contribution in [-0.4, -0.2) is 29.8 Å². The van der Waals surface area contributed by atoms with Crippen molar-refractivity contribution in [1.82, 2.24) is 4.90 Å². The molecule has 0 N–H and O–H groups in total. The smallest absolute Gasteiger partial charge is 0.176 e. The molecule has 3 unspecified atom stereocenters. The van der Waals surface area contributed by atoms with E-state index in [4.69, 9.17) is 0 Å². The molecule has 1 aromatic rings. The van der Waals surface area contributed by atoms with Crippen molar-refractivity contribution in [1.29, 1.82) is 0 Å². The van der Waals surface area contributed by atoms with E-state index >= 15 is 0 Å². The minimum absolute atomic E-state index is 0.240. The Kier molecular flexibility index (Phi) is 5.01. The van der Waals surface area contributed by atoms with Gasteiger partial charge in [-0.15, -0.1) is 0 Å². The fraction of sp³-hybridized carbons (Fsp3) is 0.562. The second kappa shape index (κ2) is 6.35. The topological polar surface area (TPSA) is 20.3 Å². The number of halogens is 1. The van der Waals surface area contributed by atoms with Gasteiger partial charge in [0.1, 0.15) is 0 Å². The summed E-state index contributed by atoms with van der Waals surface area (Å²) >= 11 is 2.26. The lowest BCUT2D eigenvalue weighted by molar-refractivity contribution is 0.0650. The molecule has 19 heavy (non-hydrogen) atoms. The monoisotopic (exact) mass is 371 g/mol. The SMILES string of the molecule is CC1CC(C)C(C)N(CC(=O)c2ccc(I)cc2)C1. The summed E-state index contributed by atoms with van der Waals surface area (Å²) in [6.07, 6.45) is 1.27. The second-order valence-electron chi connectivity index (χ2n) is 5.92. The van der Waals surface area contributed by atoms with E-state index in [2.05, 4.69) is 48.3 Å². The van der Waals surface area contributed by atoms with Gasteiger partial charge in [-0.1, -0.05) is 26.0 Å². The Balaban J connectivity index is 2.03. The fourth-order valence-corrected chi connectivity index (χ4v) is 3.31. The van der Waals surface area contributed by atoms with Crippen LogP contribution in [-0.2, 0) is 0 Å². The number of hydrogen-bond donors (Lipinski definition) is 0. The van der Waals surface area contributed by atoms with Crippen LogP contribution in [0.3, 0.4) is 0 Å². The Morgan fingerprint density at radius 3 is 2.53 bits per heavy atom. The van der Waals surface area contributed by atoms with Gasteiger partial charge in [-0.2, -0.15) is 0 Å². The van der Waals surface area contributed by atoms with Crippen molar-refractivity contribution in [3.8, 4) is 0 Å². The Morgan fingerprint density at radius 2 is 1.89 bits per heavy atom. The van der Waals surface area contributed by atoms with Crippen molar-refractivity contribution in [2.24, 2.45) is 11.8 Å². The first-order valence-electron chi connectivity index (χ1n) is 7.00. The molecule has 2 nitrogen and oxygen atoms in total. The van der Waals surface area contributed by atoms with Crippen LogP contribution in [0.4, 0.5) is 0 Å². The normalized spacial score (nSPS) is 28.3. The lowest BCUT2D eigenvalue weighted by atomic mass is 9.86. The van der Waals surface area contributed by atoms with Crippen molar-refractivity contribution in [2.75, 3.05) is 13.1 Å². The third-order valence-corrected chi connectivity index (χ3v) is 4.95. The van der Waals surface area contributed by atoms with Crippen LogP contribution in [0.1, 0.15) is 37.6 Å². The van der Waals surface area contributed by atoms with Gasteiger partial charge in [0.25, 0.3) is 0 Å². The molecule has 0 spiro atoms. The number of nitrogens with zero attached hydrogens (tertiary/aromatic N) is 1. The van der Waals surface area contributed by atoms with Gasteiger partial charge in [-0.3, -0.25) is 9.69 Å². The predicted octanol–water partition coefficient (Wildman–Crippen LogP) is 3.84. The minimum Gasteiger partial charge on any atom is -0.293 e. The van der Waals surface area contributed by atoms with E-state index in [1.54, 1.807) is 0 Å². The maximum Gasteiger partial charge on any atom is 0.176 e. The zero-order chi connectivity index (χ0) is 14.0. The van der Waals surface area contributed by atoms with Gasteiger partial charge in [0, 0.05) is 21.7 Å². The second-order valence-corrected chi connectivity index (χ2v) is 7.16. The largest absolute Gasteiger partial charge is 0.293 e. The molecular weight excluding hydrogens is 349 g/mol. The van der Waals surface area contributed by atoms with Crippen LogP contribution in [0.15, 0.2) is 24.3 Å². The summed E-state index contributed by atoms with van der Waals surface area (Å²) in [5.41, 5.74) is 0.832. The third kappa shape index (κ3) is 3.78. The fourth-order valence-electron chi connectivity index (χ4n) is 2.95. The third-order valence-electron chi connectivity index (χ3n) is 4.23. The maximum atomic E-state index is 12.3. The molecule has 3 heteroatoms. The van der Waals surface area contributed by atoms with Crippen LogP contribution >= 0.6 is 22.6 Å². The predicted molar refractivity (Wildman–Crippen MR) is 87.5 cm³/mol. The number of carbonyl (C=O) groups is 1. The van der Waals surface area contributed by atoms with Crippen LogP contribution < -0.4 is 0 Å². The summed E-state index contributed by atoms with van der Waals surface area (Å²) in [5, 5.41) is 0. The summed E-state index contributed by atoms with van der Waals surface area (Å²) in [5.74, 6) is 1.61. The number of benzene rings is 1. The molecule has 3 atom stereocenters. The van der Waals surface area contributed by atoms with Gasteiger partial charge >= 0.3 is 0 Å². The van der Waals surface area contributed by atoms with Crippen molar-refractivity contribution >= 4 is 28.4 Å². The van der Waals surface area contributed by atoms with E-state index in [9.17, 15) is 4.79 Å². The summed E-state index contributed by atoms with van der Waals surface area (Å²) in [6, 6.07) is 8.37. The number of likely N-dealkylation sites (tertiary alicyclic amines) is 1. The molecular formula is C16H22INO. The van der Waals surface area contributed by atoms with Crippen LogP contribution in [0, 0.1) is 15.4 Å². The van der Waals surface area contributed by atoms with Gasteiger partial charge in [0.2, 0.25) is 0 Å². The maximum absolute atomic E-state index is 12.3. The van der Waals surface area contributed by atoms with Crippen LogP contribution in [0.5, 0.6) is 0 Å². The average molecular weight is 371 g/mol. The molecule has 1 heterocycles. The highest BCUT2D eigenvalue weighted by atomic mass is 127.